The Hall–Kier alpha value is -2.72. The molecule has 0 saturated heterocycles. The van der Waals surface area contributed by atoms with Crippen LogP contribution >= 0.6 is 0 Å². The minimum atomic E-state index is -0.604. The number of aromatic nitrogens is 2. The largest absolute Gasteiger partial charge is 0.378 e. The van der Waals surface area contributed by atoms with E-state index in [1.165, 1.54) is 25.3 Å². The van der Waals surface area contributed by atoms with Gasteiger partial charge in [0.25, 0.3) is 5.56 Å². The Morgan fingerprint density at radius 2 is 2.30 bits per heavy atom. The molecule has 0 radical (unpaired) electrons. The van der Waals surface area contributed by atoms with E-state index in [1.54, 1.807) is 6.07 Å². The van der Waals surface area contributed by atoms with Crippen LogP contribution in [0.4, 0.5) is 16.0 Å². The summed E-state index contributed by atoms with van der Waals surface area (Å²) < 4.78 is 18.1. The number of nitrogens with zero attached hydrogens (tertiary/aromatic N) is 2. The van der Waals surface area contributed by atoms with Gasteiger partial charge in [-0.05, 0) is 18.2 Å². The van der Waals surface area contributed by atoms with Crippen LogP contribution in [0, 0.1) is 17.1 Å². The third-order valence-corrected chi connectivity index (χ3v) is 2.44. The molecule has 0 aliphatic carbocycles. The lowest BCUT2D eigenvalue weighted by atomic mass is 10.2. The van der Waals surface area contributed by atoms with Crippen molar-refractivity contribution in [2.24, 2.45) is 0 Å². The molecule has 0 atom stereocenters. The van der Waals surface area contributed by atoms with Crippen molar-refractivity contribution in [3.63, 3.8) is 0 Å². The summed E-state index contributed by atoms with van der Waals surface area (Å²) in [5.74, 6) is -0.410. The number of aromatic amines is 1. The maximum absolute atomic E-state index is 13.2. The molecule has 1 aromatic heterocycles. The first kappa shape index (κ1) is 13.7. The van der Waals surface area contributed by atoms with Gasteiger partial charge in [-0.25, -0.2) is 9.37 Å². The molecule has 0 amide bonds. The third kappa shape index (κ3) is 3.18. The second kappa shape index (κ2) is 5.95. The van der Waals surface area contributed by atoms with E-state index >= 15 is 0 Å². The van der Waals surface area contributed by atoms with Gasteiger partial charge in [-0.15, -0.1) is 0 Å². The van der Waals surface area contributed by atoms with Crippen LogP contribution in [0.15, 0.2) is 29.1 Å². The normalized spacial score (nSPS) is 10.1. The molecule has 2 aromatic rings. The fourth-order valence-corrected chi connectivity index (χ4v) is 1.61. The van der Waals surface area contributed by atoms with Gasteiger partial charge in [0, 0.05) is 18.9 Å². The molecule has 6 nitrogen and oxygen atoms in total. The molecule has 0 spiro atoms. The molecular formula is C13H11FN4O2. The van der Waals surface area contributed by atoms with Crippen LogP contribution in [0.25, 0.3) is 0 Å². The van der Waals surface area contributed by atoms with Crippen molar-refractivity contribution in [2.75, 3.05) is 12.4 Å². The van der Waals surface area contributed by atoms with E-state index in [2.05, 4.69) is 15.3 Å². The first-order valence-corrected chi connectivity index (χ1v) is 5.68. The zero-order valence-corrected chi connectivity index (χ0v) is 10.6. The Kier molecular flexibility index (Phi) is 4.08. The maximum Gasteiger partial charge on any atom is 0.252 e. The van der Waals surface area contributed by atoms with E-state index in [1.807, 2.05) is 0 Å². The molecule has 0 saturated carbocycles. The van der Waals surface area contributed by atoms with Crippen molar-refractivity contribution in [3.05, 3.63) is 51.7 Å². The summed E-state index contributed by atoms with van der Waals surface area (Å²) in [5.41, 5.74) is 0.476. The van der Waals surface area contributed by atoms with Crippen molar-refractivity contribution in [1.82, 2.24) is 9.97 Å². The summed E-state index contributed by atoms with van der Waals surface area (Å²) >= 11 is 0. The fraction of sp³-hybridized carbons (Fsp3) is 0.154. The average molecular weight is 274 g/mol. The number of rotatable bonds is 4. The van der Waals surface area contributed by atoms with Gasteiger partial charge in [0.1, 0.15) is 11.9 Å². The first-order chi connectivity index (χ1) is 9.62. The smallest absolute Gasteiger partial charge is 0.252 e. The topological polar surface area (TPSA) is 90.8 Å². The summed E-state index contributed by atoms with van der Waals surface area (Å²) in [6.07, 6.45) is 0. The number of nitriles is 1. The van der Waals surface area contributed by atoms with Crippen LogP contribution in [0.3, 0.4) is 0 Å². The predicted molar refractivity (Wildman–Crippen MR) is 70.0 cm³/mol. The number of H-pyrrole nitrogens is 1. The van der Waals surface area contributed by atoms with E-state index in [9.17, 15) is 9.18 Å². The van der Waals surface area contributed by atoms with Crippen LogP contribution in [0.1, 0.15) is 11.3 Å². The van der Waals surface area contributed by atoms with E-state index in [-0.39, 0.29) is 23.7 Å². The number of methoxy groups -OCH3 is 1. The lowest BCUT2D eigenvalue weighted by molar-refractivity contribution is 0.181. The van der Waals surface area contributed by atoms with Gasteiger partial charge in [0.15, 0.2) is 0 Å². The van der Waals surface area contributed by atoms with Crippen LogP contribution in [-0.4, -0.2) is 17.1 Å². The second-order valence-electron chi connectivity index (χ2n) is 3.95. The highest BCUT2D eigenvalue weighted by Crippen LogP contribution is 2.16. The Morgan fingerprint density at radius 3 is 3.00 bits per heavy atom. The number of nitrogens with one attached hydrogen (secondary N) is 2. The highest BCUT2D eigenvalue weighted by molar-refractivity contribution is 5.56. The van der Waals surface area contributed by atoms with Crippen molar-refractivity contribution < 1.29 is 9.13 Å². The van der Waals surface area contributed by atoms with Crippen LogP contribution in [-0.2, 0) is 11.3 Å². The van der Waals surface area contributed by atoms with Crippen molar-refractivity contribution in [2.45, 2.75) is 6.61 Å². The highest BCUT2D eigenvalue weighted by atomic mass is 19.1. The van der Waals surface area contributed by atoms with Crippen LogP contribution in [0.5, 0.6) is 0 Å². The lowest BCUT2D eigenvalue weighted by Gasteiger charge is -2.07. The summed E-state index contributed by atoms with van der Waals surface area (Å²) in [6.45, 7) is 0.200. The van der Waals surface area contributed by atoms with E-state index < -0.39 is 5.82 Å². The highest BCUT2D eigenvalue weighted by Gasteiger charge is 2.05. The zero-order chi connectivity index (χ0) is 14.5. The summed E-state index contributed by atoms with van der Waals surface area (Å²) in [4.78, 5) is 18.1. The van der Waals surface area contributed by atoms with Gasteiger partial charge >= 0.3 is 0 Å². The molecule has 0 aliphatic rings. The lowest BCUT2D eigenvalue weighted by Crippen LogP contribution is -2.12. The van der Waals surface area contributed by atoms with Gasteiger partial charge in [-0.2, -0.15) is 5.26 Å². The van der Waals surface area contributed by atoms with E-state index in [0.717, 1.165) is 6.07 Å². The number of hydrogen-bond acceptors (Lipinski definition) is 5. The minimum Gasteiger partial charge on any atom is -0.378 e. The standard InChI is InChI=1S/C13H11FN4O2/c1-20-7-10-5-12(19)18-13(17-10)16-9-2-3-11(14)8(4-9)6-15/h2-5H,7H2,1H3,(H2,16,17,18,19). The molecule has 2 rings (SSSR count). The van der Waals surface area contributed by atoms with Crippen LogP contribution < -0.4 is 10.9 Å². The van der Waals surface area contributed by atoms with Crippen LogP contribution in [0.2, 0.25) is 0 Å². The molecule has 102 valence electrons. The van der Waals surface area contributed by atoms with Crippen molar-refractivity contribution >= 4 is 11.6 Å². The van der Waals surface area contributed by atoms with Crippen molar-refractivity contribution in [3.8, 4) is 6.07 Å². The summed E-state index contributed by atoms with van der Waals surface area (Å²) in [7, 11) is 1.50. The number of ether oxygens (including phenoxy) is 1. The maximum atomic E-state index is 13.2. The first-order valence-electron chi connectivity index (χ1n) is 5.68. The molecule has 1 heterocycles. The SMILES string of the molecule is COCc1cc(=O)[nH]c(Nc2ccc(F)c(C#N)c2)n1. The Bertz CT molecular complexity index is 721. The van der Waals surface area contributed by atoms with Gasteiger partial charge in [0.05, 0.1) is 17.9 Å². The molecule has 7 heteroatoms. The zero-order valence-electron chi connectivity index (χ0n) is 10.6. The number of anilines is 2. The summed E-state index contributed by atoms with van der Waals surface area (Å²) in [6, 6.07) is 7.00. The Morgan fingerprint density at radius 1 is 1.50 bits per heavy atom. The molecule has 1 aromatic carbocycles. The predicted octanol–water partition coefficient (Wildman–Crippen LogP) is 1.67. The molecule has 20 heavy (non-hydrogen) atoms. The molecule has 0 fully saturated rings. The second-order valence-corrected chi connectivity index (χ2v) is 3.95. The Balaban J connectivity index is 2.30. The van der Waals surface area contributed by atoms with E-state index in [4.69, 9.17) is 10.00 Å². The molecule has 0 unspecified atom stereocenters. The molecular weight excluding hydrogens is 263 g/mol. The average Bonchev–Trinajstić information content (AvgIpc) is 2.40. The van der Waals surface area contributed by atoms with Gasteiger partial charge in [0.2, 0.25) is 5.95 Å². The fourth-order valence-electron chi connectivity index (χ4n) is 1.61. The Labute approximate surface area is 113 Å². The monoisotopic (exact) mass is 274 g/mol. The number of halogens is 1. The number of benzene rings is 1. The molecule has 0 aliphatic heterocycles. The molecule has 0 bridgehead atoms. The van der Waals surface area contributed by atoms with Crippen molar-refractivity contribution in [1.29, 1.82) is 5.26 Å². The van der Waals surface area contributed by atoms with Gasteiger partial charge in [-0.1, -0.05) is 0 Å². The van der Waals surface area contributed by atoms with Gasteiger partial charge < -0.3 is 10.1 Å². The summed E-state index contributed by atoms with van der Waals surface area (Å²) in [5, 5.41) is 11.6. The van der Waals surface area contributed by atoms with Gasteiger partial charge in [-0.3, -0.25) is 9.78 Å². The molecule has 2 N–H and O–H groups in total. The number of hydrogen-bond donors (Lipinski definition) is 2. The third-order valence-electron chi connectivity index (χ3n) is 2.44. The minimum absolute atomic E-state index is 0.0922. The quantitative estimate of drug-likeness (QED) is 0.885. The van der Waals surface area contributed by atoms with E-state index in [0.29, 0.717) is 11.4 Å².